The first-order chi connectivity index (χ1) is 18.1. The van der Waals surface area contributed by atoms with E-state index < -0.39 is 17.9 Å². The van der Waals surface area contributed by atoms with E-state index in [0.717, 1.165) is 0 Å². The van der Waals surface area contributed by atoms with E-state index in [1.165, 1.54) is 0 Å². The van der Waals surface area contributed by atoms with Gasteiger partial charge in [0.15, 0.2) is 0 Å². The highest BCUT2D eigenvalue weighted by Gasteiger charge is 2.21. The van der Waals surface area contributed by atoms with E-state index in [-0.39, 0.29) is 64.1 Å². The molecule has 218 valence electrons. The first kappa shape index (κ1) is 33.1. The molecule has 1 rings (SSSR count). The lowest BCUT2D eigenvalue weighted by Gasteiger charge is -2.32. The second-order valence-electron chi connectivity index (χ2n) is 8.96. The molecule has 0 unspecified atom stereocenters. The summed E-state index contributed by atoms with van der Waals surface area (Å²) in [5, 5.41) is 33.2. The number of nitrogens with two attached hydrogens (primary N) is 1. The number of carbonyl (C=O) groups is 5. The summed E-state index contributed by atoms with van der Waals surface area (Å²) in [5.74, 6) is 1.39. The van der Waals surface area contributed by atoms with Gasteiger partial charge < -0.3 is 30.8 Å². The Labute approximate surface area is 221 Å². The van der Waals surface area contributed by atoms with Crippen LogP contribution in [0.5, 0.6) is 0 Å². The fraction of sp³-hybridized carbons (Fsp3) is 0.773. The molecule has 1 aliphatic heterocycles. The first-order valence-corrected chi connectivity index (χ1v) is 12.5. The van der Waals surface area contributed by atoms with E-state index in [1.54, 1.807) is 14.7 Å². The third-order valence-corrected chi connectivity index (χ3v) is 5.81. The smallest absolute Gasteiger partial charge is 0.317 e. The van der Waals surface area contributed by atoms with Crippen LogP contribution in [-0.2, 0) is 28.8 Å². The summed E-state index contributed by atoms with van der Waals surface area (Å²) in [7, 11) is 0. The van der Waals surface area contributed by atoms with Gasteiger partial charge in [-0.3, -0.25) is 43.6 Å². The minimum absolute atomic E-state index is 0.00868. The van der Waals surface area contributed by atoms with E-state index in [9.17, 15) is 39.3 Å². The first-order valence-electron chi connectivity index (χ1n) is 12.5. The number of aliphatic carboxylic acids is 3. The molecule has 1 saturated heterocycles. The highest BCUT2D eigenvalue weighted by Crippen LogP contribution is 2.01. The summed E-state index contributed by atoms with van der Waals surface area (Å²) in [6, 6.07) is 0. The van der Waals surface area contributed by atoms with Gasteiger partial charge in [0.1, 0.15) is 0 Å². The lowest BCUT2D eigenvalue weighted by Crippen LogP contribution is -2.50. The normalized spacial score (nSPS) is 17.2. The van der Waals surface area contributed by atoms with Crippen LogP contribution in [0.2, 0.25) is 0 Å². The van der Waals surface area contributed by atoms with E-state index in [1.807, 2.05) is 4.90 Å². The molecule has 0 atom stereocenters. The van der Waals surface area contributed by atoms with Gasteiger partial charge in [0.05, 0.1) is 32.8 Å². The Bertz CT molecular complexity index is 739. The van der Waals surface area contributed by atoms with Crippen LogP contribution in [-0.4, -0.2) is 163 Å². The average molecular weight is 548 g/mol. The van der Waals surface area contributed by atoms with Crippen LogP contribution in [0.15, 0.2) is 0 Å². The van der Waals surface area contributed by atoms with Crippen molar-refractivity contribution in [2.45, 2.75) is 12.8 Å². The summed E-state index contributed by atoms with van der Waals surface area (Å²) in [6.45, 7) is 2.58. The quantitative estimate of drug-likeness (QED) is 0.0861. The van der Waals surface area contributed by atoms with Crippen molar-refractivity contribution in [2.24, 2.45) is 5.90 Å². The Hall–Kier alpha value is -2.89. The number of hydrogen-bond donors (Lipinski definition) is 6. The second-order valence-corrected chi connectivity index (χ2v) is 8.96. The highest BCUT2D eigenvalue weighted by atomic mass is 16.6. The number of carboxylic acids is 3. The third kappa shape index (κ3) is 16.8. The SMILES string of the molecule is NOCCCC(=O)NCCNC(=O)CN1CCN(CC(=O)O)CCN(CC(=O)O)CCN(CC(=O)O)CC1. The second kappa shape index (κ2) is 19.2. The lowest BCUT2D eigenvalue weighted by atomic mass is 10.3. The van der Waals surface area contributed by atoms with Crippen LogP contribution in [0.4, 0.5) is 0 Å². The molecule has 0 aromatic heterocycles. The Morgan fingerprint density at radius 1 is 0.605 bits per heavy atom. The summed E-state index contributed by atoms with van der Waals surface area (Å²) >= 11 is 0. The van der Waals surface area contributed by atoms with Crippen molar-refractivity contribution in [3.63, 3.8) is 0 Å². The molecule has 0 aromatic carbocycles. The van der Waals surface area contributed by atoms with E-state index in [2.05, 4.69) is 15.5 Å². The largest absolute Gasteiger partial charge is 0.480 e. The number of nitrogens with zero attached hydrogens (tertiary/aromatic N) is 4. The number of rotatable bonds is 15. The highest BCUT2D eigenvalue weighted by molar-refractivity contribution is 5.78. The van der Waals surface area contributed by atoms with Gasteiger partial charge in [-0.2, -0.15) is 0 Å². The molecule has 38 heavy (non-hydrogen) atoms. The van der Waals surface area contributed by atoms with Crippen molar-refractivity contribution in [3.8, 4) is 0 Å². The maximum Gasteiger partial charge on any atom is 0.317 e. The number of nitrogens with one attached hydrogen (secondary N) is 2. The van der Waals surface area contributed by atoms with E-state index in [0.29, 0.717) is 58.8 Å². The lowest BCUT2D eigenvalue weighted by molar-refractivity contribution is -0.140. The molecule has 1 heterocycles. The zero-order chi connectivity index (χ0) is 28.3. The fourth-order valence-corrected chi connectivity index (χ4v) is 3.85. The van der Waals surface area contributed by atoms with Crippen molar-refractivity contribution in [3.05, 3.63) is 0 Å². The number of amides is 2. The van der Waals surface area contributed by atoms with Gasteiger partial charge in [0, 0.05) is 71.9 Å². The van der Waals surface area contributed by atoms with Crippen molar-refractivity contribution < 1.29 is 44.1 Å². The molecule has 1 fully saturated rings. The van der Waals surface area contributed by atoms with Gasteiger partial charge in [-0.15, -0.1) is 0 Å². The minimum atomic E-state index is -1.02. The number of carboxylic acid groups (broad SMARTS) is 3. The maximum atomic E-state index is 12.5. The van der Waals surface area contributed by atoms with Crippen LogP contribution in [0.3, 0.4) is 0 Å². The molecular formula is C22H41N7O9. The van der Waals surface area contributed by atoms with Gasteiger partial charge in [-0.1, -0.05) is 0 Å². The van der Waals surface area contributed by atoms with E-state index >= 15 is 0 Å². The van der Waals surface area contributed by atoms with Crippen LogP contribution < -0.4 is 16.5 Å². The molecule has 7 N–H and O–H groups in total. The summed E-state index contributed by atoms with van der Waals surface area (Å²) in [5.41, 5.74) is 0. The minimum Gasteiger partial charge on any atom is -0.480 e. The molecule has 0 saturated carbocycles. The Kier molecular flexibility index (Phi) is 16.8. The van der Waals surface area contributed by atoms with Crippen molar-refractivity contribution in [2.75, 3.05) is 98.2 Å². The zero-order valence-corrected chi connectivity index (χ0v) is 21.7. The number of hydrogen-bond acceptors (Lipinski definition) is 11. The number of carbonyl (C=O) groups excluding carboxylic acids is 2. The van der Waals surface area contributed by atoms with Crippen molar-refractivity contribution >= 4 is 29.7 Å². The van der Waals surface area contributed by atoms with Crippen LogP contribution in [0.25, 0.3) is 0 Å². The monoisotopic (exact) mass is 547 g/mol. The van der Waals surface area contributed by atoms with Gasteiger partial charge >= 0.3 is 17.9 Å². The molecular weight excluding hydrogens is 506 g/mol. The molecule has 16 heteroatoms. The molecule has 0 aromatic rings. The van der Waals surface area contributed by atoms with Crippen molar-refractivity contribution in [1.29, 1.82) is 0 Å². The summed E-state index contributed by atoms with van der Waals surface area (Å²) in [4.78, 5) is 69.4. The van der Waals surface area contributed by atoms with Gasteiger partial charge in [0.2, 0.25) is 11.8 Å². The molecule has 2 amide bonds. The predicted molar refractivity (Wildman–Crippen MR) is 134 cm³/mol. The molecule has 16 nitrogen and oxygen atoms in total. The summed E-state index contributed by atoms with van der Waals surface area (Å²) in [6.07, 6.45) is 0.742. The Balaban J connectivity index is 2.73. The van der Waals surface area contributed by atoms with Crippen LogP contribution >= 0.6 is 0 Å². The maximum absolute atomic E-state index is 12.5. The van der Waals surface area contributed by atoms with E-state index in [4.69, 9.17) is 5.90 Å². The average Bonchev–Trinajstić information content (AvgIpc) is 2.82. The van der Waals surface area contributed by atoms with Gasteiger partial charge in [-0.25, -0.2) is 5.90 Å². The zero-order valence-electron chi connectivity index (χ0n) is 21.7. The van der Waals surface area contributed by atoms with Crippen molar-refractivity contribution in [1.82, 2.24) is 30.2 Å². The molecule has 0 aliphatic carbocycles. The molecule has 0 radical (unpaired) electrons. The summed E-state index contributed by atoms with van der Waals surface area (Å²) < 4.78 is 0. The van der Waals surface area contributed by atoms with Gasteiger partial charge in [-0.05, 0) is 6.42 Å². The van der Waals surface area contributed by atoms with Crippen LogP contribution in [0.1, 0.15) is 12.8 Å². The standard InChI is InChI=1S/C22H41N7O9/c23-38-13-1-2-18(30)24-3-4-25-19(31)14-26-5-7-27(15-20(32)33)9-11-29(17-22(36)37)12-10-28(8-6-26)16-21(34)35/h1-17,23H2,(H,24,30)(H,25,31)(H,32,33)(H,34,35)(H,36,37). The Morgan fingerprint density at radius 3 is 1.29 bits per heavy atom. The molecule has 0 bridgehead atoms. The molecule has 1 aliphatic rings. The predicted octanol–water partition coefficient (Wildman–Crippen LogP) is -3.64. The third-order valence-electron chi connectivity index (χ3n) is 5.81. The topological polar surface area (TPSA) is 218 Å². The van der Waals surface area contributed by atoms with Crippen LogP contribution in [0, 0.1) is 0 Å². The van der Waals surface area contributed by atoms with Gasteiger partial charge in [0.25, 0.3) is 0 Å². The molecule has 0 spiro atoms. The fourth-order valence-electron chi connectivity index (χ4n) is 3.85. The Morgan fingerprint density at radius 2 is 0.947 bits per heavy atom.